The Labute approximate surface area is 119 Å². The molecule has 0 saturated carbocycles. The van der Waals surface area contributed by atoms with Crippen LogP contribution in [0.4, 0.5) is 0 Å². The van der Waals surface area contributed by atoms with Gasteiger partial charge in [0.05, 0.1) is 0 Å². The van der Waals surface area contributed by atoms with Crippen molar-refractivity contribution in [2.75, 3.05) is 6.54 Å². The summed E-state index contributed by atoms with van der Waals surface area (Å²) in [7, 11) is -3.62. The van der Waals surface area contributed by atoms with E-state index in [4.69, 9.17) is 5.11 Å². The molecule has 2 unspecified atom stereocenters. The number of carboxylic acids is 1. The maximum absolute atomic E-state index is 12.6. The topological polar surface area (TPSA) is 79.6 Å². The fraction of sp³-hybridized carbons (Fsp3) is 0.615. The van der Waals surface area contributed by atoms with E-state index in [0.717, 1.165) is 6.42 Å². The molecule has 1 fully saturated rings. The molecule has 20 heavy (non-hydrogen) atoms. The van der Waals surface area contributed by atoms with Crippen LogP contribution in [0.2, 0.25) is 0 Å². The largest absolute Gasteiger partial charge is 0.477 e. The van der Waals surface area contributed by atoms with Crippen molar-refractivity contribution in [2.24, 2.45) is 5.92 Å². The van der Waals surface area contributed by atoms with Crippen LogP contribution in [0.15, 0.2) is 17.2 Å². The summed E-state index contributed by atoms with van der Waals surface area (Å²) in [5.74, 6) is -0.789. The van der Waals surface area contributed by atoms with Crippen LogP contribution in [-0.4, -0.2) is 41.0 Å². The number of sulfonamides is 1. The molecule has 112 valence electrons. The SMILES string of the molecule is CCn1cc(S(=O)(=O)N2CC(C)CC2C)cc1C(=O)O. The fourth-order valence-electron chi connectivity index (χ4n) is 2.80. The van der Waals surface area contributed by atoms with Gasteiger partial charge in [0, 0.05) is 25.3 Å². The Morgan fingerprint density at radius 3 is 2.50 bits per heavy atom. The number of hydrogen-bond acceptors (Lipinski definition) is 3. The van der Waals surface area contributed by atoms with E-state index < -0.39 is 16.0 Å². The minimum absolute atomic E-state index is 0.00553. The van der Waals surface area contributed by atoms with Crippen LogP contribution in [0, 0.1) is 5.92 Å². The molecule has 2 heterocycles. The summed E-state index contributed by atoms with van der Waals surface area (Å²) in [4.78, 5) is 11.2. The van der Waals surface area contributed by atoms with Gasteiger partial charge in [0.25, 0.3) is 0 Å². The summed E-state index contributed by atoms with van der Waals surface area (Å²) in [6.45, 7) is 6.59. The molecule has 0 amide bonds. The molecule has 1 aliphatic heterocycles. The zero-order valence-electron chi connectivity index (χ0n) is 11.9. The van der Waals surface area contributed by atoms with E-state index in [-0.39, 0.29) is 16.6 Å². The molecule has 0 radical (unpaired) electrons. The molecule has 1 saturated heterocycles. The van der Waals surface area contributed by atoms with E-state index in [9.17, 15) is 13.2 Å². The van der Waals surface area contributed by atoms with Crippen molar-refractivity contribution < 1.29 is 18.3 Å². The van der Waals surface area contributed by atoms with Gasteiger partial charge < -0.3 is 9.67 Å². The Balaban J connectivity index is 2.42. The zero-order valence-corrected chi connectivity index (χ0v) is 12.7. The van der Waals surface area contributed by atoms with E-state index in [2.05, 4.69) is 0 Å². The second-order valence-electron chi connectivity index (χ2n) is 5.42. The van der Waals surface area contributed by atoms with Crippen LogP contribution in [-0.2, 0) is 16.6 Å². The lowest BCUT2D eigenvalue weighted by molar-refractivity contribution is 0.0685. The van der Waals surface area contributed by atoms with Crippen LogP contribution in [0.25, 0.3) is 0 Å². The summed E-state index contributed by atoms with van der Waals surface area (Å²) in [5.41, 5.74) is 0.00553. The summed E-state index contributed by atoms with van der Waals surface area (Å²) in [6, 6.07) is 1.20. The van der Waals surface area contributed by atoms with Gasteiger partial charge in [-0.05, 0) is 32.3 Å². The Bertz CT molecular complexity index is 620. The smallest absolute Gasteiger partial charge is 0.352 e. The molecule has 0 aromatic carbocycles. The monoisotopic (exact) mass is 300 g/mol. The van der Waals surface area contributed by atoms with Gasteiger partial charge in [-0.3, -0.25) is 0 Å². The molecule has 6 nitrogen and oxygen atoms in total. The van der Waals surface area contributed by atoms with Gasteiger partial charge >= 0.3 is 5.97 Å². The first-order valence-electron chi connectivity index (χ1n) is 6.72. The first-order valence-corrected chi connectivity index (χ1v) is 8.16. The number of carboxylic acid groups (broad SMARTS) is 1. The molecule has 0 aliphatic carbocycles. The van der Waals surface area contributed by atoms with Crippen LogP contribution in [0.5, 0.6) is 0 Å². The summed E-state index contributed by atoms with van der Waals surface area (Å²) >= 11 is 0. The minimum Gasteiger partial charge on any atom is -0.477 e. The number of aromatic carboxylic acids is 1. The third-order valence-corrected chi connectivity index (χ3v) is 5.71. The van der Waals surface area contributed by atoms with E-state index in [1.807, 2.05) is 13.8 Å². The van der Waals surface area contributed by atoms with Gasteiger partial charge in [0.15, 0.2) is 0 Å². The van der Waals surface area contributed by atoms with Crippen molar-refractivity contribution in [1.29, 1.82) is 0 Å². The zero-order chi connectivity index (χ0) is 15.1. The normalized spacial score (nSPS) is 24.1. The van der Waals surface area contributed by atoms with Crippen molar-refractivity contribution in [3.05, 3.63) is 18.0 Å². The number of rotatable bonds is 4. The van der Waals surface area contributed by atoms with Gasteiger partial charge in [-0.15, -0.1) is 0 Å². The Morgan fingerprint density at radius 2 is 2.10 bits per heavy atom. The number of carbonyl (C=O) groups is 1. The Morgan fingerprint density at radius 1 is 1.45 bits per heavy atom. The minimum atomic E-state index is -3.62. The third kappa shape index (κ3) is 2.47. The van der Waals surface area contributed by atoms with Crippen molar-refractivity contribution >= 4 is 16.0 Å². The van der Waals surface area contributed by atoms with Gasteiger partial charge in [-0.2, -0.15) is 4.31 Å². The van der Waals surface area contributed by atoms with Crippen molar-refractivity contribution in [2.45, 2.75) is 44.7 Å². The molecule has 0 spiro atoms. The van der Waals surface area contributed by atoms with Crippen LogP contribution < -0.4 is 0 Å². The van der Waals surface area contributed by atoms with Crippen molar-refractivity contribution in [3.8, 4) is 0 Å². The van der Waals surface area contributed by atoms with Gasteiger partial charge in [-0.25, -0.2) is 13.2 Å². The summed E-state index contributed by atoms with van der Waals surface area (Å²) < 4.78 is 28.1. The van der Waals surface area contributed by atoms with E-state index >= 15 is 0 Å². The molecule has 1 N–H and O–H groups in total. The number of hydrogen-bond donors (Lipinski definition) is 1. The highest BCUT2D eigenvalue weighted by Gasteiger charge is 2.37. The summed E-state index contributed by atoms with van der Waals surface area (Å²) in [6.07, 6.45) is 2.24. The van der Waals surface area contributed by atoms with E-state index in [0.29, 0.717) is 19.0 Å². The standard InChI is InChI=1S/C13H20N2O4S/c1-4-14-8-11(6-12(14)13(16)17)20(18,19)15-7-9(2)5-10(15)3/h6,8-10H,4-5,7H2,1-3H3,(H,16,17). The average Bonchev–Trinajstić information content (AvgIpc) is 2.92. The number of aromatic nitrogens is 1. The average molecular weight is 300 g/mol. The quantitative estimate of drug-likeness (QED) is 0.916. The molecule has 1 aromatic rings. The van der Waals surface area contributed by atoms with Crippen molar-refractivity contribution in [3.63, 3.8) is 0 Å². The molecule has 2 rings (SSSR count). The molecular formula is C13H20N2O4S. The van der Waals surface area contributed by atoms with Crippen molar-refractivity contribution in [1.82, 2.24) is 8.87 Å². The lowest BCUT2D eigenvalue weighted by atomic mass is 10.1. The third-order valence-electron chi connectivity index (χ3n) is 3.76. The highest BCUT2D eigenvalue weighted by atomic mass is 32.2. The molecule has 0 bridgehead atoms. The first-order chi connectivity index (χ1) is 9.27. The maximum Gasteiger partial charge on any atom is 0.352 e. The summed E-state index contributed by atoms with van der Waals surface area (Å²) in [5, 5.41) is 9.11. The lowest BCUT2D eigenvalue weighted by Crippen LogP contribution is -2.33. The highest BCUT2D eigenvalue weighted by molar-refractivity contribution is 7.89. The highest BCUT2D eigenvalue weighted by Crippen LogP contribution is 2.29. The van der Waals surface area contributed by atoms with Crippen LogP contribution in [0.3, 0.4) is 0 Å². The molecule has 7 heteroatoms. The van der Waals surface area contributed by atoms with Gasteiger partial charge in [0.1, 0.15) is 10.6 Å². The van der Waals surface area contributed by atoms with E-state index in [1.54, 1.807) is 6.92 Å². The molecular weight excluding hydrogens is 280 g/mol. The maximum atomic E-state index is 12.6. The molecule has 2 atom stereocenters. The van der Waals surface area contributed by atoms with Gasteiger partial charge in [-0.1, -0.05) is 6.92 Å². The Hall–Kier alpha value is -1.34. The number of nitrogens with zero attached hydrogens (tertiary/aromatic N) is 2. The predicted octanol–water partition coefficient (Wildman–Crippen LogP) is 1.63. The molecule has 1 aromatic heterocycles. The fourth-order valence-corrected chi connectivity index (χ4v) is 4.60. The predicted molar refractivity (Wildman–Crippen MR) is 74.2 cm³/mol. The first kappa shape index (κ1) is 15.1. The second-order valence-corrected chi connectivity index (χ2v) is 7.31. The lowest BCUT2D eigenvalue weighted by Gasteiger charge is -2.20. The van der Waals surface area contributed by atoms with Crippen LogP contribution in [0.1, 0.15) is 37.7 Å². The van der Waals surface area contributed by atoms with E-state index in [1.165, 1.54) is 21.1 Å². The number of aryl methyl sites for hydroxylation is 1. The Kier molecular flexibility index (Phi) is 3.93. The van der Waals surface area contributed by atoms with Crippen LogP contribution >= 0.6 is 0 Å². The second kappa shape index (κ2) is 5.21. The molecule has 1 aliphatic rings. The van der Waals surface area contributed by atoms with Gasteiger partial charge in [0.2, 0.25) is 10.0 Å².